The van der Waals surface area contributed by atoms with E-state index in [-0.39, 0.29) is 0 Å². The minimum absolute atomic E-state index is 0.549. The van der Waals surface area contributed by atoms with E-state index in [1.807, 2.05) is 0 Å². The van der Waals surface area contributed by atoms with Gasteiger partial charge >= 0.3 is 0 Å². The highest BCUT2D eigenvalue weighted by molar-refractivity contribution is 8.00. The topological polar surface area (TPSA) is 12.0 Å². The van der Waals surface area contributed by atoms with Crippen LogP contribution in [0, 0.1) is 6.92 Å². The van der Waals surface area contributed by atoms with Crippen molar-refractivity contribution in [2.75, 3.05) is 0 Å². The quantitative estimate of drug-likeness (QED) is 0.820. The van der Waals surface area contributed by atoms with Crippen molar-refractivity contribution < 1.29 is 0 Å². The number of rotatable bonds is 5. The minimum Gasteiger partial charge on any atom is -0.310 e. The summed E-state index contributed by atoms with van der Waals surface area (Å²) in [7, 11) is 0. The Balaban J connectivity index is 2.04. The van der Waals surface area contributed by atoms with Crippen molar-refractivity contribution in [1.29, 1.82) is 0 Å². The smallest absolute Gasteiger partial charge is 0.0219 e. The minimum atomic E-state index is 0.549. The van der Waals surface area contributed by atoms with Gasteiger partial charge < -0.3 is 5.32 Å². The van der Waals surface area contributed by atoms with Crippen molar-refractivity contribution in [2.24, 2.45) is 0 Å². The maximum Gasteiger partial charge on any atom is 0.0219 e. The van der Waals surface area contributed by atoms with E-state index in [2.05, 4.69) is 56.0 Å². The third-order valence-corrected chi connectivity index (χ3v) is 5.22. The van der Waals surface area contributed by atoms with Crippen LogP contribution in [0.25, 0.3) is 0 Å². The molecule has 1 saturated carbocycles. The Hall–Kier alpha value is -0.470. The summed E-state index contributed by atoms with van der Waals surface area (Å²) in [6.07, 6.45) is 7.07. The van der Waals surface area contributed by atoms with E-state index in [4.69, 9.17) is 0 Å². The van der Waals surface area contributed by atoms with Crippen LogP contribution in [-0.4, -0.2) is 11.3 Å². The molecule has 0 unspecified atom stereocenters. The standard InChI is InChI=1S/C17H27NS/c1-13(2)18-12-15-11-14(3)9-10-17(15)19-16-7-5-4-6-8-16/h9-11,13,16,18H,4-8,12H2,1-3H3. The van der Waals surface area contributed by atoms with Gasteiger partial charge in [0.05, 0.1) is 0 Å². The summed E-state index contributed by atoms with van der Waals surface area (Å²) in [6.45, 7) is 7.61. The second-order valence-corrected chi connectivity index (χ2v) is 7.37. The molecule has 1 aliphatic carbocycles. The second kappa shape index (κ2) is 7.35. The average molecular weight is 277 g/mol. The van der Waals surface area contributed by atoms with Gasteiger partial charge in [-0.05, 0) is 31.4 Å². The zero-order valence-electron chi connectivity index (χ0n) is 12.5. The van der Waals surface area contributed by atoms with Crippen molar-refractivity contribution in [1.82, 2.24) is 5.32 Å². The first-order chi connectivity index (χ1) is 9.15. The lowest BCUT2D eigenvalue weighted by atomic mass is 10.0. The Morgan fingerprint density at radius 3 is 2.63 bits per heavy atom. The number of nitrogens with one attached hydrogen (secondary N) is 1. The van der Waals surface area contributed by atoms with E-state index < -0.39 is 0 Å². The van der Waals surface area contributed by atoms with Gasteiger partial charge in [0, 0.05) is 22.7 Å². The van der Waals surface area contributed by atoms with Gasteiger partial charge in [0.1, 0.15) is 0 Å². The molecule has 1 nitrogen and oxygen atoms in total. The third-order valence-electron chi connectivity index (χ3n) is 3.76. The normalized spacial score (nSPS) is 17.1. The molecule has 0 aromatic heterocycles. The largest absolute Gasteiger partial charge is 0.310 e. The average Bonchev–Trinajstić information content (AvgIpc) is 2.40. The predicted molar refractivity (Wildman–Crippen MR) is 85.9 cm³/mol. The van der Waals surface area contributed by atoms with Crippen molar-refractivity contribution in [3.63, 3.8) is 0 Å². The summed E-state index contributed by atoms with van der Waals surface area (Å²) in [4.78, 5) is 1.49. The molecule has 0 radical (unpaired) electrons. The second-order valence-electron chi connectivity index (χ2n) is 6.02. The lowest BCUT2D eigenvalue weighted by Crippen LogP contribution is -2.22. The maximum atomic E-state index is 3.55. The summed E-state index contributed by atoms with van der Waals surface area (Å²) in [5.74, 6) is 0. The van der Waals surface area contributed by atoms with Crippen LogP contribution in [0.3, 0.4) is 0 Å². The van der Waals surface area contributed by atoms with Crippen LogP contribution < -0.4 is 5.32 Å². The van der Waals surface area contributed by atoms with Crippen LogP contribution in [0.1, 0.15) is 57.1 Å². The van der Waals surface area contributed by atoms with Crippen LogP contribution in [0.15, 0.2) is 23.1 Å². The first-order valence-corrected chi connectivity index (χ1v) is 8.52. The fraction of sp³-hybridized carbons (Fsp3) is 0.647. The lowest BCUT2D eigenvalue weighted by Gasteiger charge is -2.22. The summed E-state index contributed by atoms with van der Waals surface area (Å²) < 4.78 is 0. The van der Waals surface area contributed by atoms with Crippen molar-refractivity contribution >= 4 is 11.8 Å². The van der Waals surface area contributed by atoms with Crippen LogP contribution in [0.5, 0.6) is 0 Å². The molecule has 1 aromatic rings. The van der Waals surface area contributed by atoms with E-state index in [1.54, 1.807) is 0 Å². The molecule has 2 rings (SSSR count). The summed E-state index contributed by atoms with van der Waals surface area (Å²) in [5.41, 5.74) is 2.85. The molecule has 0 spiro atoms. The van der Waals surface area contributed by atoms with Gasteiger partial charge in [0.25, 0.3) is 0 Å². The first kappa shape index (κ1) is 14.9. The molecular formula is C17H27NS. The van der Waals surface area contributed by atoms with E-state index in [1.165, 1.54) is 48.1 Å². The molecule has 0 heterocycles. The number of hydrogen-bond acceptors (Lipinski definition) is 2. The number of thioether (sulfide) groups is 1. The zero-order chi connectivity index (χ0) is 13.7. The van der Waals surface area contributed by atoms with Gasteiger partial charge in [-0.1, -0.05) is 50.8 Å². The Morgan fingerprint density at radius 2 is 1.95 bits per heavy atom. The highest BCUT2D eigenvalue weighted by Gasteiger charge is 2.16. The van der Waals surface area contributed by atoms with Gasteiger partial charge in [0.2, 0.25) is 0 Å². The maximum absolute atomic E-state index is 3.55. The molecule has 0 amide bonds. The highest BCUT2D eigenvalue weighted by Crippen LogP contribution is 2.35. The molecule has 19 heavy (non-hydrogen) atoms. The molecule has 1 aromatic carbocycles. The van der Waals surface area contributed by atoms with Crippen molar-refractivity contribution in [2.45, 2.75) is 75.6 Å². The van der Waals surface area contributed by atoms with Crippen molar-refractivity contribution in [3.05, 3.63) is 29.3 Å². The molecular weight excluding hydrogens is 250 g/mol. The molecule has 1 N–H and O–H groups in total. The number of hydrogen-bond donors (Lipinski definition) is 1. The van der Waals surface area contributed by atoms with E-state index in [0.29, 0.717) is 6.04 Å². The Labute approximate surface area is 122 Å². The SMILES string of the molecule is Cc1ccc(SC2CCCCC2)c(CNC(C)C)c1. The van der Waals surface area contributed by atoms with Gasteiger partial charge in [-0.15, -0.1) is 11.8 Å². The van der Waals surface area contributed by atoms with Gasteiger partial charge in [-0.2, -0.15) is 0 Å². The Bertz CT molecular complexity index is 394. The van der Waals surface area contributed by atoms with Crippen LogP contribution in [0.4, 0.5) is 0 Å². The fourth-order valence-corrected chi connectivity index (χ4v) is 4.00. The fourth-order valence-electron chi connectivity index (χ4n) is 2.64. The lowest BCUT2D eigenvalue weighted by molar-refractivity contribution is 0.516. The first-order valence-electron chi connectivity index (χ1n) is 7.64. The zero-order valence-corrected chi connectivity index (χ0v) is 13.4. The van der Waals surface area contributed by atoms with Gasteiger partial charge in [0.15, 0.2) is 0 Å². The predicted octanol–water partition coefficient (Wildman–Crippen LogP) is 4.92. The molecule has 1 aliphatic rings. The third kappa shape index (κ3) is 4.85. The monoisotopic (exact) mass is 277 g/mol. The van der Waals surface area contributed by atoms with Crippen LogP contribution in [0.2, 0.25) is 0 Å². The molecule has 2 heteroatoms. The highest BCUT2D eigenvalue weighted by atomic mass is 32.2. The summed E-state index contributed by atoms with van der Waals surface area (Å²) >= 11 is 2.11. The van der Waals surface area contributed by atoms with E-state index >= 15 is 0 Å². The summed E-state index contributed by atoms with van der Waals surface area (Å²) in [5, 5.41) is 4.40. The molecule has 0 bridgehead atoms. The van der Waals surface area contributed by atoms with Crippen molar-refractivity contribution in [3.8, 4) is 0 Å². The molecule has 0 atom stereocenters. The Morgan fingerprint density at radius 1 is 1.21 bits per heavy atom. The van der Waals surface area contributed by atoms with Crippen LogP contribution in [-0.2, 0) is 6.54 Å². The molecule has 0 saturated heterocycles. The van der Waals surface area contributed by atoms with E-state index in [0.717, 1.165) is 11.8 Å². The number of aryl methyl sites for hydroxylation is 1. The molecule has 0 aliphatic heterocycles. The van der Waals surface area contributed by atoms with Crippen LogP contribution >= 0.6 is 11.8 Å². The summed E-state index contributed by atoms with van der Waals surface area (Å²) in [6, 6.07) is 7.48. The molecule has 106 valence electrons. The van der Waals surface area contributed by atoms with Gasteiger partial charge in [-0.3, -0.25) is 0 Å². The Kier molecular flexibility index (Phi) is 5.77. The number of benzene rings is 1. The van der Waals surface area contributed by atoms with E-state index in [9.17, 15) is 0 Å². The van der Waals surface area contributed by atoms with Gasteiger partial charge in [-0.25, -0.2) is 0 Å². The molecule has 1 fully saturated rings.